The molecule has 5 rings (SSSR count). The van der Waals surface area contributed by atoms with Crippen LogP contribution in [0.1, 0.15) is 33.3 Å². The van der Waals surface area contributed by atoms with Crippen LogP contribution < -0.4 is 5.73 Å². The maximum atomic E-state index is 6.46. The normalized spacial score (nSPS) is 31.9. The highest BCUT2D eigenvalue weighted by Crippen LogP contribution is 2.54. The minimum atomic E-state index is -0.668. The van der Waals surface area contributed by atoms with Gasteiger partial charge in [-0.1, -0.05) is 37.3 Å². The van der Waals surface area contributed by atoms with Crippen molar-refractivity contribution in [1.29, 1.82) is 0 Å². The molecule has 1 saturated carbocycles. The molecule has 1 saturated heterocycles. The monoisotopic (exact) mass is 423 g/mol. The Morgan fingerprint density at radius 1 is 1.10 bits per heavy atom. The van der Waals surface area contributed by atoms with Crippen LogP contribution >= 0.6 is 0 Å². The molecule has 164 valence electrons. The number of rotatable bonds is 5. The van der Waals surface area contributed by atoms with Gasteiger partial charge in [0.15, 0.2) is 17.3 Å². The first kappa shape index (κ1) is 20.4. The van der Waals surface area contributed by atoms with Crippen molar-refractivity contribution in [3.63, 3.8) is 0 Å². The third kappa shape index (κ3) is 3.21. The molecule has 1 aliphatic carbocycles. The minimum Gasteiger partial charge on any atom is -0.382 e. The number of nitrogens with zero attached hydrogens (tertiary/aromatic N) is 4. The first-order chi connectivity index (χ1) is 14.8. The van der Waals surface area contributed by atoms with Crippen LogP contribution in [0.5, 0.6) is 0 Å². The van der Waals surface area contributed by atoms with Crippen molar-refractivity contribution in [1.82, 2.24) is 19.5 Å². The van der Waals surface area contributed by atoms with Crippen molar-refractivity contribution in [3.8, 4) is 0 Å². The fourth-order valence-electron chi connectivity index (χ4n) is 5.22. The molecule has 1 aliphatic heterocycles. The molecule has 3 aromatic rings. The number of hydrogen-bond donors (Lipinski definition) is 1. The smallest absolute Gasteiger partial charge is 0.166 e. The lowest BCUT2D eigenvalue weighted by atomic mass is 9.84. The summed E-state index contributed by atoms with van der Waals surface area (Å²) in [4.78, 5) is 13.1. The Morgan fingerprint density at radius 3 is 2.65 bits per heavy atom. The van der Waals surface area contributed by atoms with Crippen LogP contribution in [-0.4, -0.2) is 44.1 Å². The minimum absolute atomic E-state index is 0.0950. The third-order valence-corrected chi connectivity index (χ3v) is 6.99. The summed E-state index contributed by atoms with van der Waals surface area (Å²) in [5, 5.41) is 0. The standard InChI is InChI=1S/C23H29N5O3/c1-14-16(11-29-10-15-8-6-5-7-9-15)18-19(31-22(2,3)30-18)23(14,4)28-13-27-17-20(24)25-12-26-21(17)28/h5-9,12-14,16,18-19H,10-11H2,1-4H3,(H2,24,25,26)/t14-,16?,18+,19+,23+/m0/s1. The van der Waals surface area contributed by atoms with E-state index in [4.69, 9.17) is 19.9 Å². The second-order valence-corrected chi connectivity index (χ2v) is 9.25. The highest BCUT2D eigenvalue weighted by molar-refractivity contribution is 5.81. The van der Waals surface area contributed by atoms with Gasteiger partial charge in [-0.25, -0.2) is 15.0 Å². The van der Waals surface area contributed by atoms with Crippen LogP contribution in [0.2, 0.25) is 0 Å². The zero-order chi connectivity index (χ0) is 21.8. The molecule has 2 aliphatic rings. The van der Waals surface area contributed by atoms with Gasteiger partial charge < -0.3 is 24.5 Å². The van der Waals surface area contributed by atoms with Gasteiger partial charge in [-0.15, -0.1) is 0 Å². The zero-order valence-corrected chi connectivity index (χ0v) is 18.4. The average molecular weight is 424 g/mol. The van der Waals surface area contributed by atoms with Crippen LogP contribution in [0.4, 0.5) is 5.82 Å². The Labute approximate surface area is 181 Å². The van der Waals surface area contributed by atoms with E-state index in [-0.39, 0.29) is 24.0 Å². The molecular formula is C23H29N5O3. The lowest BCUT2D eigenvalue weighted by Crippen LogP contribution is -2.45. The van der Waals surface area contributed by atoms with E-state index in [0.29, 0.717) is 30.2 Å². The number of imidazole rings is 1. The van der Waals surface area contributed by atoms with Crippen molar-refractivity contribution < 1.29 is 14.2 Å². The summed E-state index contributed by atoms with van der Waals surface area (Å²) in [7, 11) is 0. The van der Waals surface area contributed by atoms with Gasteiger partial charge >= 0.3 is 0 Å². The first-order valence-electron chi connectivity index (χ1n) is 10.7. The molecule has 1 aromatic carbocycles. The van der Waals surface area contributed by atoms with Gasteiger partial charge in [-0.2, -0.15) is 0 Å². The zero-order valence-electron chi connectivity index (χ0n) is 18.4. The quantitative estimate of drug-likeness (QED) is 0.673. The highest BCUT2D eigenvalue weighted by Gasteiger charge is 2.64. The Morgan fingerprint density at radius 2 is 1.87 bits per heavy atom. The molecule has 1 unspecified atom stereocenters. The van der Waals surface area contributed by atoms with Gasteiger partial charge in [0.05, 0.1) is 31.2 Å². The van der Waals surface area contributed by atoms with Gasteiger partial charge in [-0.3, -0.25) is 0 Å². The molecule has 0 spiro atoms. The fourth-order valence-corrected chi connectivity index (χ4v) is 5.22. The van der Waals surface area contributed by atoms with Gasteiger partial charge in [0.25, 0.3) is 0 Å². The number of nitrogen functional groups attached to an aromatic ring is 1. The van der Waals surface area contributed by atoms with Crippen molar-refractivity contribution in [3.05, 3.63) is 48.5 Å². The van der Waals surface area contributed by atoms with Crippen molar-refractivity contribution in [2.45, 2.75) is 57.8 Å². The molecule has 0 bridgehead atoms. The molecule has 0 amide bonds. The van der Waals surface area contributed by atoms with Gasteiger partial charge in [0, 0.05) is 5.92 Å². The van der Waals surface area contributed by atoms with Crippen LogP contribution in [0.15, 0.2) is 43.0 Å². The Kier molecular flexibility index (Phi) is 4.76. The number of hydrogen-bond acceptors (Lipinski definition) is 7. The van der Waals surface area contributed by atoms with Crippen molar-refractivity contribution >= 4 is 17.0 Å². The van der Waals surface area contributed by atoms with Crippen molar-refractivity contribution in [2.24, 2.45) is 11.8 Å². The second kappa shape index (κ2) is 7.25. The van der Waals surface area contributed by atoms with E-state index in [2.05, 4.69) is 45.5 Å². The van der Waals surface area contributed by atoms with Gasteiger partial charge in [0.1, 0.15) is 17.9 Å². The van der Waals surface area contributed by atoms with E-state index < -0.39 is 11.3 Å². The summed E-state index contributed by atoms with van der Waals surface area (Å²) in [6.07, 6.45) is 3.01. The summed E-state index contributed by atoms with van der Waals surface area (Å²) in [5.41, 5.74) is 8.08. The van der Waals surface area contributed by atoms with Crippen LogP contribution in [0.3, 0.4) is 0 Å². The largest absolute Gasteiger partial charge is 0.382 e. The van der Waals surface area contributed by atoms with Crippen LogP contribution in [-0.2, 0) is 26.4 Å². The molecule has 2 fully saturated rings. The van der Waals surface area contributed by atoms with Crippen molar-refractivity contribution in [2.75, 3.05) is 12.3 Å². The second-order valence-electron chi connectivity index (χ2n) is 9.25. The van der Waals surface area contributed by atoms with E-state index in [1.807, 2.05) is 32.0 Å². The summed E-state index contributed by atoms with van der Waals surface area (Å²) in [6.45, 7) is 9.49. The lowest BCUT2D eigenvalue weighted by Gasteiger charge is -2.38. The van der Waals surface area contributed by atoms with E-state index in [1.165, 1.54) is 6.33 Å². The predicted molar refractivity (Wildman–Crippen MR) is 116 cm³/mol. The first-order valence-corrected chi connectivity index (χ1v) is 10.7. The Hall–Kier alpha value is -2.55. The summed E-state index contributed by atoms with van der Waals surface area (Å²) in [6, 6.07) is 10.2. The molecule has 8 heteroatoms. The molecule has 8 nitrogen and oxygen atoms in total. The summed E-state index contributed by atoms with van der Waals surface area (Å²) < 4.78 is 21.1. The third-order valence-electron chi connectivity index (χ3n) is 6.99. The van der Waals surface area contributed by atoms with Crippen LogP contribution in [0.25, 0.3) is 11.2 Å². The molecule has 5 atom stereocenters. The number of ether oxygens (including phenoxy) is 3. The maximum Gasteiger partial charge on any atom is 0.166 e. The van der Waals surface area contributed by atoms with Crippen LogP contribution in [0, 0.1) is 11.8 Å². The predicted octanol–water partition coefficient (Wildman–Crippen LogP) is 3.13. The Bertz CT molecular complexity index is 1090. The number of fused-ring (bicyclic) bond motifs is 2. The Balaban J connectivity index is 1.48. The average Bonchev–Trinajstić information content (AvgIpc) is 3.37. The number of anilines is 1. The van der Waals surface area contributed by atoms with E-state index in [9.17, 15) is 0 Å². The topological polar surface area (TPSA) is 97.3 Å². The molecular weight excluding hydrogens is 394 g/mol. The number of nitrogens with two attached hydrogens (primary N) is 1. The van der Waals surface area contributed by atoms with E-state index >= 15 is 0 Å². The maximum absolute atomic E-state index is 6.46. The molecule has 31 heavy (non-hydrogen) atoms. The molecule has 0 radical (unpaired) electrons. The van der Waals surface area contributed by atoms with Gasteiger partial charge in [0.2, 0.25) is 0 Å². The summed E-state index contributed by atoms with van der Waals surface area (Å²) in [5.74, 6) is 0.0417. The van der Waals surface area contributed by atoms with E-state index in [0.717, 1.165) is 5.56 Å². The number of aromatic nitrogens is 4. The SMILES string of the molecule is C[C@H]1C(COCc2ccccc2)[C@H]2OC(C)(C)O[C@H]2[C@]1(C)n1cnc2c(N)ncnc21. The molecule has 2 N–H and O–H groups in total. The highest BCUT2D eigenvalue weighted by atomic mass is 16.8. The van der Waals surface area contributed by atoms with Gasteiger partial charge in [-0.05, 0) is 32.3 Å². The molecule has 2 aromatic heterocycles. The fraction of sp³-hybridized carbons (Fsp3) is 0.522. The summed E-state index contributed by atoms with van der Waals surface area (Å²) >= 11 is 0. The lowest BCUT2D eigenvalue weighted by molar-refractivity contribution is -0.176. The van der Waals surface area contributed by atoms with E-state index in [1.54, 1.807) is 6.33 Å². The molecule has 3 heterocycles. The number of benzene rings is 1.